The van der Waals surface area contributed by atoms with Gasteiger partial charge in [-0.15, -0.1) is 0 Å². The Balaban J connectivity index is 0.00000132. The summed E-state index contributed by atoms with van der Waals surface area (Å²) in [6, 6.07) is 13.7. The van der Waals surface area contributed by atoms with E-state index in [2.05, 4.69) is 16.4 Å². The summed E-state index contributed by atoms with van der Waals surface area (Å²) in [5.74, 6) is 1.43. The van der Waals surface area contributed by atoms with Gasteiger partial charge in [-0.25, -0.2) is 0 Å². The maximum atomic E-state index is 12.6. The molecule has 0 atom stereocenters. The average Bonchev–Trinajstić information content (AvgIpc) is 3.38. The van der Waals surface area contributed by atoms with Crippen molar-refractivity contribution >= 4 is 35.4 Å². The maximum Gasteiger partial charge on any atom is 0.256 e. The number of fused-ring (bicyclic) bond motifs is 1. The Hall–Kier alpha value is -3.73. The molecule has 2 N–H and O–H groups in total. The molecule has 1 aromatic heterocycles. The van der Waals surface area contributed by atoms with Crippen molar-refractivity contribution in [2.45, 2.75) is 20.8 Å². The molecule has 0 aliphatic carbocycles. The lowest BCUT2D eigenvalue weighted by molar-refractivity contribution is -0.110. The molecular formula is C26H28N2O3. The van der Waals surface area contributed by atoms with Crippen molar-refractivity contribution in [1.82, 2.24) is 4.98 Å². The van der Waals surface area contributed by atoms with Crippen LogP contribution in [0, 0.1) is 6.92 Å². The molecule has 4 rings (SSSR count). The van der Waals surface area contributed by atoms with E-state index in [1.807, 2.05) is 75.4 Å². The van der Waals surface area contributed by atoms with Gasteiger partial charge >= 0.3 is 0 Å². The highest BCUT2D eigenvalue weighted by Crippen LogP contribution is 2.37. The van der Waals surface area contributed by atoms with E-state index in [0.29, 0.717) is 11.3 Å². The quantitative estimate of drug-likeness (QED) is 0.394. The lowest BCUT2D eigenvalue weighted by atomic mass is 9.98. The van der Waals surface area contributed by atoms with E-state index in [1.54, 1.807) is 20.4 Å². The molecule has 5 nitrogen and oxygen atoms in total. The summed E-state index contributed by atoms with van der Waals surface area (Å²) in [5, 5.41) is 2.95. The molecule has 1 amide bonds. The van der Waals surface area contributed by atoms with Gasteiger partial charge in [0, 0.05) is 17.4 Å². The Labute approximate surface area is 183 Å². The van der Waals surface area contributed by atoms with Crippen LogP contribution in [0.3, 0.4) is 0 Å². The van der Waals surface area contributed by atoms with Gasteiger partial charge in [-0.05, 0) is 54.0 Å². The molecule has 160 valence electrons. The number of methoxy groups -OCH3 is 2. The van der Waals surface area contributed by atoms with Gasteiger partial charge in [0.2, 0.25) is 0 Å². The number of H-pyrrole nitrogens is 1. The molecule has 0 bridgehead atoms. The van der Waals surface area contributed by atoms with Crippen molar-refractivity contribution in [3.8, 4) is 11.5 Å². The van der Waals surface area contributed by atoms with Crippen LogP contribution < -0.4 is 14.8 Å². The van der Waals surface area contributed by atoms with Crippen LogP contribution in [-0.2, 0) is 4.79 Å². The predicted octanol–water partition coefficient (Wildman–Crippen LogP) is 6.03. The molecule has 1 aliphatic heterocycles. The molecule has 2 aromatic carbocycles. The van der Waals surface area contributed by atoms with Crippen molar-refractivity contribution in [3.63, 3.8) is 0 Å². The highest BCUT2D eigenvalue weighted by Gasteiger charge is 2.26. The maximum absolute atomic E-state index is 12.6. The zero-order valence-corrected chi connectivity index (χ0v) is 18.6. The molecule has 31 heavy (non-hydrogen) atoms. The van der Waals surface area contributed by atoms with Gasteiger partial charge in [-0.2, -0.15) is 0 Å². The fraction of sp³-hybridized carbons (Fsp3) is 0.192. The monoisotopic (exact) mass is 416 g/mol. The van der Waals surface area contributed by atoms with Crippen LogP contribution in [0.15, 0.2) is 48.7 Å². The molecule has 5 heteroatoms. The second-order valence-electron chi connectivity index (χ2n) is 6.80. The summed E-state index contributed by atoms with van der Waals surface area (Å²) in [4.78, 5) is 15.7. The van der Waals surface area contributed by atoms with Crippen molar-refractivity contribution in [2.75, 3.05) is 19.5 Å². The van der Waals surface area contributed by atoms with E-state index in [9.17, 15) is 4.79 Å². The molecule has 0 radical (unpaired) electrons. The second-order valence-corrected chi connectivity index (χ2v) is 6.80. The van der Waals surface area contributed by atoms with Crippen LogP contribution in [0.1, 0.15) is 41.8 Å². The molecule has 0 fully saturated rings. The molecule has 0 spiro atoms. The highest BCUT2D eigenvalue weighted by molar-refractivity contribution is 6.35. The molecule has 0 saturated heterocycles. The van der Waals surface area contributed by atoms with Gasteiger partial charge in [0.1, 0.15) is 11.5 Å². The van der Waals surface area contributed by atoms with E-state index in [0.717, 1.165) is 39.4 Å². The van der Waals surface area contributed by atoms with Crippen LogP contribution in [0.25, 0.3) is 23.8 Å². The second kappa shape index (κ2) is 9.85. The molecular weight excluding hydrogens is 388 g/mol. The summed E-state index contributed by atoms with van der Waals surface area (Å²) in [5.41, 5.74) is 6.16. The van der Waals surface area contributed by atoms with Gasteiger partial charge in [0.05, 0.1) is 25.5 Å². The summed E-state index contributed by atoms with van der Waals surface area (Å²) >= 11 is 0. The number of aromatic nitrogens is 1. The Morgan fingerprint density at radius 2 is 1.71 bits per heavy atom. The number of amides is 1. The summed E-state index contributed by atoms with van der Waals surface area (Å²) in [7, 11) is 3.28. The van der Waals surface area contributed by atoms with Crippen LogP contribution in [0.2, 0.25) is 0 Å². The van der Waals surface area contributed by atoms with Crippen LogP contribution in [0.4, 0.5) is 5.69 Å². The number of carbonyl (C=O) groups is 1. The Bertz CT molecular complexity index is 1140. The molecule has 1 aliphatic rings. The Kier molecular flexibility index (Phi) is 6.98. The SMILES string of the molecule is CC.COc1ccc(/C=C/c2cccc3c2/C(=C/c2[nH]ccc2OC)C(=O)N3)cc1C. The number of nitrogens with one attached hydrogen (secondary N) is 2. The van der Waals surface area contributed by atoms with Crippen molar-refractivity contribution < 1.29 is 14.3 Å². The van der Waals surface area contributed by atoms with E-state index < -0.39 is 0 Å². The van der Waals surface area contributed by atoms with Gasteiger partial charge < -0.3 is 19.8 Å². The van der Waals surface area contributed by atoms with Crippen LogP contribution in [0.5, 0.6) is 11.5 Å². The van der Waals surface area contributed by atoms with Crippen molar-refractivity contribution in [1.29, 1.82) is 0 Å². The van der Waals surface area contributed by atoms with Gasteiger partial charge in [-0.1, -0.05) is 44.2 Å². The summed E-state index contributed by atoms with van der Waals surface area (Å²) in [6.45, 7) is 6.02. The molecule has 2 heterocycles. The zero-order valence-electron chi connectivity index (χ0n) is 18.6. The van der Waals surface area contributed by atoms with E-state index >= 15 is 0 Å². The number of ether oxygens (including phenoxy) is 2. The number of anilines is 1. The molecule has 3 aromatic rings. The van der Waals surface area contributed by atoms with Crippen LogP contribution >= 0.6 is 0 Å². The first-order valence-corrected chi connectivity index (χ1v) is 10.3. The molecule has 0 unspecified atom stereocenters. The first-order chi connectivity index (χ1) is 15.1. The standard InChI is InChI=1S/C24H22N2O3.C2H6/c1-15-13-16(8-10-21(15)28-2)7-9-17-5-4-6-19-23(17)18(24(27)26-19)14-20-22(29-3)11-12-25-20;1-2/h4-14,25H,1-3H3,(H,26,27);1-2H3/b9-7+,18-14-;. The van der Waals surface area contributed by atoms with Gasteiger partial charge in [-0.3, -0.25) is 4.79 Å². The predicted molar refractivity (Wildman–Crippen MR) is 128 cm³/mol. The Morgan fingerprint density at radius 3 is 2.42 bits per heavy atom. The first kappa shape index (κ1) is 22.0. The zero-order chi connectivity index (χ0) is 22.4. The summed E-state index contributed by atoms with van der Waals surface area (Å²) < 4.78 is 10.7. The minimum atomic E-state index is -0.127. The van der Waals surface area contributed by atoms with E-state index in [-0.39, 0.29) is 5.91 Å². The number of carbonyl (C=O) groups excluding carboxylic acids is 1. The fourth-order valence-corrected chi connectivity index (χ4v) is 3.55. The first-order valence-electron chi connectivity index (χ1n) is 10.3. The minimum Gasteiger partial charge on any atom is -0.496 e. The fourth-order valence-electron chi connectivity index (χ4n) is 3.55. The third kappa shape index (κ3) is 4.56. The number of hydrogen-bond acceptors (Lipinski definition) is 3. The topological polar surface area (TPSA) is 63.4 Å². The summed E-state index contributed by atoms with van der Waals surface area (Å²) in [6.07, 6.45) is 7.68. The van der Waals surface area contributed by atoms with Crippen molar-refractivity contribution in [3.05, 3.63) is 76.6 Å². The minimum absolute atomic E-state index is 0.127. The third-order valence-corrected chi connectivity index (χ3v) is 4.98. The van der Waals surface area contributed by atoms with E-state index in [4.69, 9.17) is 9.47 Å². The average molecular weight is 417 g/mol. The highest BCUT2D eigenvalue weighted by atomic mass is 16.5. The normalized spacial score (nSPS) is 13.6. The number of aromatic amines is 1. The number of hydrogen-bond donors (Lipinski definition) is 2. The third-order valence-electron chi connectivity index (χ3n) is 4.98. The smallest absolute Gasteiger partial charge is 0.256 e. The van der Waals surface area contributed by atoms with Crippen molar-refractivity contribution in [2.24, 2.45) is 0 Å². The Morgan fingerprint density at radius 1 is 0.935 bits per heavy atom. The number of aryl methyl sites for hydroxylation is 1. The van der Waals surface area contributed by atoms with Gasteiger partial charge in [0.15, 0.2) is 0 Å². The lowest BCUT2D eigenvalue weighted by Gasteiger charge is -2.06. The number of rotatable bonds is 5. The molecule has 0 saturated carbocycles. The van der Waals surface area contributed by atoms with Gasteiger partial charge in [0.25, 0.3) is 5.91 Å². The number of benzene rings is 2. The largest absolute Gasteiger partial charge is 0.496 e. The lowest BCUT2D eigenvalue weighted by Crippen LogP contribution is -2.03. The van der Waals surface area contributed by atoms with E-state index in [1.165, 1.54) is 0 Å². The van der Waals surface area contributed by atoms with Crippen LogP contribution in [-0.4, -0.2) is 25.1 Å².